The number of rotatable bonds is 2. The first-order valence-corrected chi connectivity index (χ1v) is 3.17. The van der Waals surface area contributed by atoms with Gasteiger partial charge < -0.3 is 10.3 Å². The van der Waals surface area contributed by atoms with Gasteiger partial charge in [0.05, 0.1) is 0 Å². The zero-order chi connectivity index (χ0) is 8.97. The molecule has 0 unspecified atom stereocenters. The van der Waals surface area contributed by atoms with Crippen LogP contribution in [0.25, 0.3) is 0 Å². The molecule has 0 fully saturated rings. The molecule has 1 radical (unpaired) electrons. The average molecular weight is 164 g/mol. The van der Waals surface area contributed by atoms with E-state index in [0.717, 1.165) is 0 Å². The van der Waals surface area contributed by atoms with E-state index in [-0.39, 0.29) is 11.5 Å². The maximum absolute atomic E-state index is 10.1. The van der Waals surface area contributed by atoms with Gasteiger partial charge in [0, 0.05) is 5.56 Å². The van der Waals surface area contributed by atoms with Crippen molar-refractivity contribution in [3.8, 4) is 5.75 Å². The average Bonchev–Trinajstić information content (AvgIpc) is 2.10. The maximum Gasteiger partial charge on any atom is 0.257 e. The molecule has 0 saturated heterocycles. The molecule has 2 N–H and O–H groups in total. The van der Waals surface area contributed by atoms with Crippen molar-refractivity contribution < 1.29 is 15.1 Å². The molecule has 4 heteroatoms. The lowest BCUT2D eigenvalue weighted by atomic mass is 10.1. The predicted molar refractivity (Wildman–Crippen MR) is 42.1 cm³/mol. The minimum Gasteiger partial charge on any atom is -0.508 e. The number of benzene rings is 1. The van der Waals surface area contributed by atoms with Crippen molar-refractivity contribution >= 4 is 12.0 Å². The molecule has 0 amide bonds. The number of hydrogen-bond donors (Lipinski definition) is 2. The molecule has 0 heterocycles. The second-order valence-electron chi connectivity index (χ2n) is 2.10. The molecule has 0 spiro atoms. The van der Waals surface area contributed by atoms with Gasteiger partial charge in [0.2, 0.25) is 0 Å². The normalized spacial score (nSPS) is 11.2. The van der Waals surface area contributed by atoms with Gasteiger partial charge in [-0.3, -0.25) is 4.79 Å². The number of nitrogens with zero attached hydrogens (tertiary/aromatic N) is 1. The third kappa shape index (κ3) is 1.60. The van der Waals surface area contributed by atoms with Gasteiger partial charge in [-0.2, -0.15) is 0 Å². The Morgan fingerprint density at radius 2 is 1.92 bits per heavy atom. The fourth-order valence-electron chi connectivity index (χ4n) is 0.756. The molecule has 1 aromatic carbocycles. The van der Waals surface area contributed by atoms with Crippen molar-refractivity contribution in [2.24, 2.45) is 5.16 Å². The highest BCUT2D eigenvalue weighted by Crippen LogP contribution is 2.09. The Morgan fingerprint density at radius 1 is 1.33 bits per heavy atom. The van der Waals surface area contributed by atoms with Crippen LogP contribution in [-0.4, -0.2) is 22.3 Å². The van der Waals surface area contributed by atoms with E-state index in [1.807, 2.05) is 0 Å². The lowest BCUT2D eigenvalue weighted by Crippen LogP contribution is -2.00. The SMILES string of the molecule is O=[C]/C(=N/O)c1ccc(O)cc1. The van der Waals surface area contributed by atoms with E-state index >= 15 is 0 Å². The molecule has 1 rings (SSSR count). The van der Waals surface area contributed by atoms with Crippen molar-refractivity contribution in [2.75, 3.05) is 0 Å². The van der Waals surface area contributed by atoms with Crippen molar-refractivity contribution in [3.63, 3.8) is 0 Å². The molecular weight excluding hydrogens is 158 g/mol. The monoisotopic (exact) mass is 164 g/mol. The van der Waals surface area contributed by atoms with Crippen LogP contribution in [0.5, 0.6) is 5.75 Å². The van der Waals surface area contributed by atoms with E-state index in [0.29, 0.717) is 5.56 Å². The molecule has 0 atom stereocenters. The number of phenols is 1. The summed E-state index contributed by atoms with van der Waals surface area (Å²) in [7, 11) is 0. The van der Waals surface area contributed by atoms with Gasteiger partial charge in [-0.15, -0.1) is 0 Å². The zero-order valence-corrected chi connectivity index (χ0v) is 6.06. The van der Waals surface area contributed by atoms with Crippen LogP contribution in [0, 0.1) is 0 Å². The maximum atomic E-state index is 10.1. The van der Waals surface area contributed by atoms with Crippen LogP contribution in [0.1, 0.15) is 5.56 Å². The number of phenolic OH excluding ortho intramolecular Hbond substituents is 1. The van der Waals surface area contributed by atoms with Crippen molar-refractivity contribution in [2.45, 2.75) is 0 Å². The van der Waals surface area contributed by atoms with E-state index in [4.69, 9.17) is 10.3 Å². The first-order valence-electron chi connectivity index (χ1n) is 3.17. The largest absolute Gasteiger partial charge is 0.508 e. The van der Waals surface area contributed by atoms with E-state index in [9.17, 15) is 4.79 Å². The summed E-state index contributed by atoms with van der Waals surface area (Å²) in [6.45, 7) is 0. The molecule has 61 valence electrons. The summed E-state index contributed by atoms with van der Waals surface area (Å²) in [4.78, 5) is 10.1. The van der Waals surface area contributed by atoms with E-state index in [1.54, 1.807) is 0 Å². The number of carbonyl (C=O) groups excluding carboxylic acids is 1. The van der Waals surface area contributed by atoms with Crippen molar-refractivity contribution in [3.05, 3.63) is 29.8 Å². The van der Waals surface area contributed by atoms with Crippen molar-refractivity contribution in [1.29, 1.82) is 0 Å². The summed E-state index contributed by atoms with van der Waals surface area (Å²) in [6.07, 6.45) is 1.46. The molecule has 0 aliphatic rings. The van der Waals surface area contributed by atoms with Gasteiger partial charge in [-0.1, -0.05) is 5.16 Å². The Labute approximate surface area is 68.8 Å². The Bertz CT molecular complexity index is 303. The predicted octanol–water partition coefficient (Wildman–Crippen LogP) is 0.680. The Hall–Kier alpha value is -1.84. The van der Waals surface area contributed by atoms with E-state index in [2.05, 4.69) is 5.16 Å². The van der Waals surface area contributed by atoms with Crippen LogP contribution in [0.2, 0.25) is 0 Å². The Kier molecular flexibility index (Phi) is 2.42. The highest BCUT2D eigenvalue weighted by Gasteiger charge is 2.02. The molecule has 4 nitrogen and oxygen atoms in total. The molecule has 1 aromatic rings. The first-order chi connectivity index (χ1) is 5.77. The van der Waals surface area contributed by atoms with Crippen LogP contribution in [0.4, 0.5) is 0 Å². The lowest BCUT2D eigenvalue weighted by Gasteiger charge is -1.95. The quantitative estimate of drug-likeness (QED) is 0.383. The van der Waals surface area contributed by atoms with E-state index in [1.165, 1.54) is 30.6 Å². The number of aromatic hydroxyl groups is 1. The smallest absolute Gasteiger partial charge is 0.257 e. The van der Waals surface area contributed by atoms with Crippen LogP contribution in [0.3, 0.4) is 0 Å². The van der Waals surface area contributed by atoms with Crippen LogP contribution in [0.15, 0.2) is 29.4 Å². The van der Waals surface area contributed by atoms with Gasteiger partial charge in [0.1, 0.15) is 5.75 Å². The minimum atomic E-state index is -0.185. The summed E-state index contributed by atoms with van der Waals surface area (Å²) < 4.78 is 0. The standard InChI is InChI=1S/C8H6NO3/c10-5-8(9-12)6-1-3-7(11)4-2-6/h1-4,11-12H/b9-8-. The molecule has 0 aliphatic carbocycles. The van der Waals surface area contributed by atoms with Gasteiger partial charge in [-0.25, -0.2) is 0 Å². The van der Waals surface area contributed by atoms with Gasteiger partial charge in [0.25, 0.3) is 6.29 Å². The van der Waals surface area contributed by atoms with Crippen LogP contribution >= 0.6 is 0 Å². The molecule has 0 aliphatic heterocycles. The third-order valence-electron chi connectivity index (χ3n) is 1.34. The minimum absolute atomic E-state index is 0.0851. The lowest BCUT2D eigenvalue weighted by molar-refractivity contribution is 0.320. The summed E-state index contributed by atoms with van der Waals surface area (Å²) in [5.41, 5.74) is 0.223. The van der Waals surface area contributed by atoms with Crippen LogP contribution in [-0.2, 0) is 4.79 Å². The molecule has 0 aromatic heterocycles. The zero-order valence-electron chi connectivity index (χ0n) is 6.06. The van der Waals surface area contributed by atoms with Crippen molar-refractivity contribution in [1.82, 2.24) is 0 Å². The fourth-order valence-corrected chi connectivity index (χ4v) is 0.756. The fraction of sp³-hybridized carbons (Fsp3) is 0. The second kappa shape index (κ2) is 3.52. The first kappa shape index (κ1) is 8.26. The highest BCUT2D eigenvalue weighted by atomic mass is 16.4. The summed E-state index contributed by atoms with van der Waals surface area (Å²) >= 11 is 0. The molecule has 12 heavy (non-hydrogen) atoms. The highest BCUT2D eigenvalue weighted by molar-refractivity contribution is 6.36. The summed E-state index contributed by atoms with van der Waals surface area (Å²) in [6, 6.07) is 5.68. The summed E-state index contributed by atoms with van der Waals surface area (Å²) in [5.74, 6) is 0.0851. The van der Waals surface area contributed by atoms with E-state index < -0.39 is 0 Å². The second-order valence-corrected chi connectivity index (χ2v) is 2.10. The topological polar surface area (TPSA) is 69.9 Å². The Balaban J connectivity index is 3.04. The molecular formula is C8H6NO3. The van der Waals surface area contributed by atoms with Crippen LogP contribution < -0.4 is 0 Å². The number of hydrogen-bond acceptors (Lipinski definition) is 4. The van der Waals surface area contributed by atoms with Gasteiger partial charge in [0.15, 0.2) is 5.71 Å². The molecule has 0 bridgehead atoms. The summed E-state index contributed by atoms with van der Waals surface area (Å²) in [5, 5.41) is 19.9. The van der Waals surface area contributed by atoms with Gasteiger partial charge >= 0.3 is 0 Å². The number of oxime groups is 1. The molecule has 0 saturated carbocycles. The Morgan fingerprint density at radius 3 is 2.33 bits per heavy atom. The van der Waals surface area contributed by atoms with Gasteiger partial charge in [-0.05, 0) is 24.3 Å². The third-order valence-corrected chi connectivity index (χ3v) is 1.34.